The third-order valence-electron chi connectivity index (χ3n) is 5.61. The van der Waals surface area contributed by atoms with Crippen LogP contribution in [0.25, 0.3) is 0 Å². The van der Waals surface area contributed by atoms with Gasteiger partial charge in [0.25, 0.3) is 5.91 Å². The molecule has 0 saturated carbocycles. The van der Waals surface area contributed by atoms with Crippen LogP contribution in [0.4, 0.5) is 4.79 Å². The van der Waals surface area contributed by atoms with E-state index in [0.717, 1.165) is 11.1 Å². The number of ether oxygens (including phenoxy) is 2. The number of aliphatic hydroxyl groups is 1. The standard InChI is InChI=1S/C26H32N2O7/c1-5-34-22-13-17(24(31)32)10-11-19(22)23(30)27-14-21(29)20-12-16-8-6-7-9-18(16)15-28(20)25(33)35-26(2,3)4/h6-11,13,20-21,29H,5,12,14-15H2,1-4H3,(H,27,30)(H,31,32)/t20-,21+/m0/s1. The highest BCUT2D eigenvalue weighted by Gasteiger charge is 2.37. The van der Waals surface area contributed by atoms with Crippen molar-refractivity contribution in [3.05, 3.63) is 64.7 Å². The summed E-state index contributed by atoms with van der Waals surface area (Å²) in [6.45, 7) is 7.46. The van der Waals surface area contributed by atoms with Crippen molar-refractivity contribution >= 4 is 18.0 Å². The van der Waals surface area contributed by atoms with Gasteiger partial charge < -0.3 is 25.0 Å². The van der Waals surface area contributed by atoms with Crippen LogP contribution in [0.1, 0.15) is 59.5 Å². The molecule has 0 aliphatic carbocycles. The van der Waals surface area contributed by atoms with Gasteiger partial charge in [0.05, 0.1) is 29.9 Å². The van der Waals surface area contributed by atoms with Crippen LogP contribution in [0.2, 0.25) is 0 Å². The van der Waals surface area contributed by atoms with Crippen LogP contribution >= 0.6 is 0 Å². The molecule has 2 aromatic rings. The number of amides is 2. The lowest BCUT2D eigenvalue weighted by molar-refractivity contribution is -0.0113. The number of rotatable bonds is 7. The first-order chi connectivity index (χ1) is 16.5. The van der Waals surface area contributed by atoms with Crippen LogP contribution in [0.5, 0.6) is 5.75 Å². The van der Waals surface area contributed by atoms with Gasteiger partial charge in [-0.25, -0.2) is 9.59 Å². The molecule has 0 bridgehead atoms. The van der Waals surface area contributed by atoms with E-state index in [-0.39, 0.29) is 36.6 Å². The van der Waals surface area contributed by atoms with Gasteiger partial charge in [-0.15, -0.1) is 0 Å². The fourth-order valence-corrected chi connectivity index (χ4v) is 3.96. The number of hydrogen-bond acceptors (Lipinski definition) is 6. The van der Waals surface area contributed by atoms with E-state index in [9.17, 15) is 24.6 Å². The second kappa shape index (κ2) is 10.8. The van der Waals surface area contributed by atoms with Crippen molar-refractivity contribution in [1.29, 1.82) is 0 Å². The fourth-order valence-electron chi connectivity index (χ4n) is 3.96. The van der Waals surface area contributed by atoms with E-state index in [4.69, 9.17) is 9.47 Å². The second-order valence-corrected chi connectivity index (χ2v) is 9.37. The lowest BCUT2D eigenvalue weighted by atomic mass is 9.91. The molecular formula is C26H32N2O7. The number of benzene rings is 2. The number of carbonyl (C=O) groups is 3. The molecule has 2 aromatic carbocycles. The molecule has 0 radical (unpaired) electrons. The van der Waals surface area contributed by atoms with Gasteiger partial charge in [0, 0.05) is 13.1 Å². The van der Waals surface area contributed by atoms with E-state index >= 15 is 0 Å². The summed E-state index contributed by atoms with van der Waals surface area (Å²) >= 11 is 0. The maximum atomic E-state index is 12.9. The molecule has 0 aromatic heterocycles. The van der Waals surface area contributed by atoms with Crippen LogP contribution in [0, 0.1) is 0 Å². The molecular weight excluding hydrogens is 452 g/mol. The lowest BCUT2D eigenvalue weighted by Crippen LogP contribution is -2.54. The van der Waals surface area contributed by atoms with E-state index in [1.807, 2.05) is 24.3 Å². The zero-order valence-electron chi connectivity index (χ0n) is 20.4. The molecule has 0 saturated heterocycles. The van der Waals surface area contributed by atoms with Crippen LogP contribution < -0.4 is 10.1 Å². The summed E-state index contributed by atoms with van der Waals surface area (Å²) in [6, 6.07) is 11.1. The molecule has 2 amide bonds. The molecule has 0 unspecified atom stereocenters. The van der Waals surface area contributed by atoms with Gasteiger partial charge in [-0.05, 0) is 63.4 Å². The number of hydrogen-bond donors (Lipinski definition) is 3. The molecule has 188 valence electrons. The van der Waals surface area contributed by atoms with Crippen molar-refractivity contribution in [2.24, 2.45) is 0 Å². The smallest absolute Gasteiger partial charge is 0.410 e. The SMILES string of the molecule is CCOc1cc(C(=O)O)ccc1C(=O)NC[C@@H](O)[C@@H]1Cc2ccccc2CN1C(=O)OC(C)(C)C. The molecule has 35 heavy (non-hydrogen) atoms. The number of nitrogens with one attached hydrogen (secondary N) is 1. The normalized spacial score (nSPS) is 16.1. The average Bonchev–Trinajstić information content (AvgIpc) is 2.80. The molecule has 3 N–H and O–H groups in total. The number of aliphatic hydroxyl groups excluding tert-OH is 1. The monoisotopic (exact) mass is 484 g/mol. The lowest BCUT2D eigenvalue weighted by Gasteiger charge is -2.40. The Morgan fingerprint density at radius 1 is 1.14 bits per heavy atom. The predicted octanol–water partition coefficient (Wildman–Crippen LogP) is 3.24. The largest absolute Gasteiger partial charge is 0.493 e. The molecule has 0 fully saturated rings. The van der Waals surface area contributed by atoms with E-state index in [0.29, 0.717) is 6.42 Å². The summed E-state index contributed by atoms with van der Waals surface area (Å²) in [5.74, 6) is -1.51. The predicted molar refractivity (Wildman–Crippen MR) is 129 cm³/mol. The molecule has 1 aliphatic rings. The summed E-state index contributed by atoms with van der Waals surface area (Å²) < 4.78 is 11.0. The number of carboxylic acid groups (broad SMARTS) is 1. The highest BCUT2D eigenvalue weighted by Crippen LogP contribution is 2.27. The Labute approximate surface area is 204 Å². The minimum Gasteiger partial charge on any atom is -0.493 e. The Morgan fingerprint density at radius 3 is 2.46 bits per heavy atom. The summed E-state index contributed by atoms with van der Waals surface area (Å²) in [7, 11) is 0. The van der Waals surface area contributed by atoms with Crippen LogP contribution in [-0.2, 0) is 17.7 Å². The number of aromatic carboxylic acids is 1. The van der Waals surface area contributed by atoms with Gasteiger partial charge in [-0.2, -0.15) is 0 Å². The van der Waals surface area contributed by atoms with Gasteiger partial charge in [0.1, 0.15) is 11.4 Å². The highest BCUT2D eigenvalue weighted by atomic mass is 16.6. The number of nitrogens with zero attached hydrogens (tertiary/aromatic N) is 1. The van der Waals surface area contributed by atoms with Gasteiger partial charge in [-0.3, -0.25) is 9.69 Å². The minimum absolute atomic E-state index is 0.00101. The third-order valence-corrected chi connectivity index (χ3v) is 5.61. The first-order valence-electron chi connectivity index (χ1n) is 11.5. The Bertz CT molecular complexity index is 1090. The Morgan fingerprint density at radius 2 is 1.83 bits per heavy atom. The number of carbonyl (C=O) groups excluding carboxylic acids is 2. The van der Waals surface area contributed by atoms with Gasteiger partial charge in [0.2, 0.25) is 0 Å². The van der Waals surface area contributed by atoms with Gasteiger partial charge >= 0.3 is 12.1 Å². The van der Waals surface area contributed by atoms with Crippen LogP contribution in [0.3, 0.4) is 0 Å². The van der Waals surface area contributed by atoms with Crippen molar-refractivity contribution in [3.63, 3.8) is 0 Å². The van der Waals surface area contributed by atoms with Crippen molar-refractivity contribution < 1.29 is 34.1 Å². The summed E-state index contributed by atoms with van der Waals surface area (Å²) in [5, 5.41) is 22.9. The summed E-state index contributed by atoms with van der Waals surface area (Å²) in [6.07, 6.45) is -1.21. The first kappa shape index (κ1) is 26.0. The number of carboxylic acids is 1. The van der Waals surface area contributed by atoms with E-state index < -0.39 is 35.7 Å². The van der Waals surface area contributed by atoms with Crippen molar-refractivity contribution in [3.8, 4) is 5.75 Å². The first-order valence-corrected chi connectivity index (χ1v) is 11.5. The fraction of sp³-hybridized carbons (Fsp3) is 0.423. The molecule has 1 aliphatic heterocycles. The van der Waals surface area contributed by atoms with E-state index in [2.05, 4.69) is 5.32 Å². The molecule has 3 rings (SSSR count). The van der Waals surface area contributed by atoms with Crippen LogP contribution in [0.15, 0.2) is 42.5 Å². The minimum atomic E-state index is -1.13. The Balaban J connectivity index is 1.77. The number of fused-ring (bicyclic) bond motifs is 1. The summed E-state index contributed by atoms with van der Waals surface area (Å²) in [5.41, 5.74) is 1.45. The van der Waals surface area contributed by atoms with Crippen molar-refractivity contribution in [2.45, 2.75) is 58.4 Å². The molecule has 9 heteroatoms. The highest BCUT2D eigenvalue weighted by molar-refractivity contribution is 5.98. The quantitative estimate of drug-likeness (QED) is 0.551. The summed E-state index contributed by atoms with van der Waals surface area (Å²) in [4.78, 5) is 38.6. The molecule has 2 atom stereocenters. The van der Waals surface area contributed by atoms with Crippen LogP contribution in [-0.4, -0.2) is 64.0 Å². The van der Waals surface area contributed by atoms with Gasteiger partial charge in [0.15, 0.2) is 0 Å². The van der Waals surface area contributed by atoms with Crippen molar-refractivity contribution in [1.82, 2.24) is 10.2 Å². The van der Waals surface area contributed by atoms with E-state index in [1.165, 1.54) is 23.1 Å². The Kier molecular flexibility index (Phi) is 8.01. The maximum Gasteiger partial charge on any atom is 0.410 e. The Hall–Kier alpha value is -3.59. The van der Waals surface area contributed by atoms with Gasteiger partial charge in [-0.1, -0.05) is 24.3 Å². The van der Waals surface area contributed by atoms with E-state index in [1.54, 1.807) is 27.7 Å². The maximum absolute atomic E-state index is 12.9. The third kappa shape index (κ3) is 6.51. The average molecular weight is 485 g/mol. The topological polar surface area (TPSA) is 125 Å². The zero-order chi connectivity index (χ0) is 25.8. The zero-order valence-corrected chi connectivity index (χ0v) is 20.4. The second-order valence-electron chi connectivity index (χ2n) is 9.37. The molecule has 1 heterocycles. The molecule has 0 spiro atoms. The molecule has 9 nitrogen and oxygen atoms in total. The van der Waals surface area contributed by atoms with Crippen molar-refractivity contribution in [2.75, 3.05) is 13.2 Å².